The largest absolute Gasteiger partial charge is 0.464 e. The van der Waals surface area contributed by atoms with Crippen molar-refractivity contribution in [1.29, 1.82) is 0 Å². The van der Waals surface area contributed by atoms with Gasteiger partial charge in [-0.2, -0.15) is 18.3 Å². The van der Waals surface area contributed by atoms with Gasteiger partial charge in [0.25, 0.3) is 0 Å². The molecule has 0 saturated heterocycles. The van der Waals surface area contributed by atoms with Crippen molar-refractivity contribution in [3.63, 3.8) is 0 Å². The van der Waals surface area contributed by atoms with E-state index in [1.165, 1.54) is 18.2 Å². The van der Waals surface area contributed by atoms with Crippen molar-refractivity contribution in [2.45, 2.75) is 6.18 Å². The van der Waals surface area contributed by atoms with Crippen molar-refractivity contribution in [3.8, 4) is 0 Å². The van der Waals surface area contributed by atoms with E-state index >= 15 is 0 Å². The summed E-state index contributed by atoms with van der Waals surface area (Å²) in [6, 6.07) is 4.80. The van der Waals surface area contributed by atoms with Gasteiger partial charge < -0.3 is 4.74 Å². The molecule has 0 radical (unpaired) electrons. The number of esters is 1. The Labute approximate surface area is 93.6 Å². The third-order valence-corrected chi connectivity index (χ3v) is 2.17. The van der Waals surface area contributed by atoms with E-state index in [1.54, 1.807) is 0 Å². The second kappa shape index (κ2) is 3.76. The van der Waals surface area contributed by atoms with Crippen LogP contribution in [0.1, 0.15) is 16.2 Å². The zero-order valence-electron chi connectivity index (χ0n) is 8.65. The summed E-state index contributed by atoms with van der Waals surface area (Å²) in [5.41, 5.74) is -0.922. The Balaban J connectivity index is 2.65. The predicted molar refractivity (Wildman–Crippen MR) is 51.5 cm³/mol. The number of alkyl halides is 3. The Morgan fingerprint density at radius 2 is 2.12 bits per heavy atom. The van der Waals surface area contributed by atoms with Gasteiger partial charge in [-0.3, -0.25) is 0 Å². The van der Waals surface area contributed by atoms with E-state index in [9.17, 15) is 18.0 Å². The van der Waals surface area contributed by atoms with Crippen LogP contribution in [0.4, 0.5) is 13.2 Å². The minimum atomic E-state index is -4.53. The van der Waals surface area contributed by atoms with Gasteiger partial charge in [0.05, 0.1) is 12.6 Å². The molecule has 0 spiro atoms. The lowest BCUT2D eigenvalue weighted by molar-refractivity contribution is -0.142. The highest BCUT2D eigenvalue weighted by atomic mass is 19.4. The molecule has 0 aliphatic carbocycles. The van der Waals surface area contributed by atoms with Gasteiger partial charge in [0.15, 0.2) is 5.69 Å². The molecule has 2 aromatic rings. The van der Waals surface area contributed by atoms with Crippen molar-refractivity contribution in [2.75, 3.05) is 7.11 Å². The van der Waals surface area contributed by atoms with Gasteiger partial charge in [0, 0.05) is 0 Å². The number of pyridine rings is 1. The molecule has 2 rings (SSSR count). The van der Waals surface area contributed by atoms with E-state index in [0.717, 1.165) is 13.2 Å². The van der Waals surface area contributed by atoms with Crippen LogP contribution in [-0.2, 0) is 10.9 Å². The SMILES string of the molecule is COC(=O)c1cc2cccc(C(F)(F)F)n2n1. The van der Waals surface area contributed by atoms with Crippen LogP contribution in [0, 0.1) is 0 Å². The van der Waals surface area contributed by atoms with Crippen LogP contribution in [0.5, 0.6) is 0 Å². The maximum Gasteiger partial charge on any atom is 0.433 e. The lowest BCUT2D eigenvalue weighted by atomic mass is 10.3. The maximum atomic E-state index is 12.6. The zero-order valence-corrected chi connectivity index (χ0v) is 8.65. The molecule has 2 heterocycles. The molecule has 0 unspecified atom stereocenters. The van der Waals surface area contributed by atoms with Gasteiger partial charge in [-0.1, -0.05) is 6.07 Å². The summed E-state index contributed by atoms with van der Waals surface area (Å²) < 4.78 is 43.0. The Morgan fingerprint density at radius 1 is 1.41 bits per heavy atom. The van der Waals surface area contributed by atoms with Crippen molar-refractivity contribution in [1.82, 2.24) is 9.61 Å². The number of aromatic nitrogens is 2. The summed E-state index contributed by atoms with van der Waals surface area (Å²) in [4.78, 5) is 11.2. The molecule has 17 heavy (non-hydrogen) atoms. The molecule has 0 aliphatic heterocycles. The molecule has 0 amide bonds. The fraction of sp³-hybridized carbons (Fsp3) is 0.200. The Morgan fingerprint density at radius 3 is 2.71 bits per heavy atom. The first kappa shape index (κ1) is 11.4. The van der Waals surface area contributed by atoms with Gasteiger partial charge in [0.2, 0.25) is 0 Å². The lowest BCUT2D eigenvalue weighted by Gasteiger charge is -2.07. The molecule has 4 nitrogen and oxygen atoms in total. The summed E-state index contributed by atoms with van der Waals surface area (Å²) >= 11 is 0. The van der Waals surface area contributed by atoms with E-state index in [2.05, 4.69) is 9.84 Å². The van der Waals surface area contributed by atoms with Crippen LogP contribution < -0.4 is 0 Å². The van der Waals surface area contributed by atoms with Gasteiger partial charge in [-0.25, -0.2) is 9.31 Å². The molecule has 0 N–H and O–H groups in total. The Hall–Kier alpha value is -2.05. The number of carbonyl (C=O) groups excluding carboxylic acids is 1. The number of hydrogen-bond donors (Lipinski definition) is 0. The van der Waals surface area contributed by atoms with Crippen molar-refractivity contribution in [3.05, 3.63) is 35.7 Å². The minimum Gasteiger partial charge on any atom is -0.464 e. The molecule has 2 aromatic heterocycles. The summed E-state index contributed by atoms with van der Waals surface area (Å²) in [7, 11) is 1.14. The van der Waals surface area contributed by atoms with Crippen molar-refractivity contribution >= 4 is 11.5 Å². The highest BCUT2D eigenvalue weighted by Gasteiger charge is 2.34. The second-order valence-corrected chi connectivity index (χ2v) is 3.27. The molecular weight excluding hydrogens is 237 g/mol. The van der Waals surface area contributed by atoms with E-state index in [0.29, 0.717) is 4.52 Å². The average Bonchev–Trinajstić information content (AvgIpc) is 2.69. The smallest absolute Gasteiger partial charge is 0.433 e. The molecular formula is C10H7F3N2O2. The van der Waals surface area contributed by atoms with Crippen LogP contribution in [0.15, 0.2) is 24.3 Å². The molecule has 90 valence electrons. The van der Waals surface area contributed by atoms with E-state index < -0.39 is 17.8 Å². The second-order valence-electron chi connectivity index (χ2n) is 3.27. The van der Waals surface area contributed by atoms with E-state index in [-0.39, 0.29) is 11.2 Å². The van der Waals surface area contributed by atoms with Gasteiger partial charge >= 0.3 is 12.1 Å². The summed E-state index contributed by atoms with van der Waals surface area (Å²) in [5.74, 6) is -0.776. The van der Waals surface area contributed by atoms with Crippen LogP contribution in [0.25, 0.3) is 5.52 Å². The topological polar surface area (TPSA) is 43.6 Å². The maximum absolute atomic E-state index is 12.6. The van der Waals surface area contributed by atoms with Crippen molar-refractivity contribution in [2.24, 2.45) is 0 Å². The number of nitrogens with zero attached hydrogens (tertiary/aromatic N) is 2. The van der Waals surface area contributed by atoms with Crippen LogP contribution in [-0.4, -0.2) is 22.7 Å². The highest BCUT2D eigenvalue weighted by molar-refractivity contribution is 5.88. The molecule has 7 heteroatoms. The monoisotopic (exact) mass is 244 g/mol. The molecule has 0 saturated carbocycles. The summed E-state index contributed by atoms with van der Waals surface area (Å²) in [5, 5.41) is 3.57. The average molecular weight is 244 g/mol. The van der Waals surface area contributed by atoms with Crippen molar-refractivity contribution < 1.29 is 22.7 Å². The molecule has 0 aliphatic rings. The first-order valence-corrected chi connectivity index (χ1v) is 4.58. The normalized spacial score (nSPS) is 11.8. The summed E-state index contributed by atoms with van der Waals surface area (Å²) in [6.45, 7) is 0. The number of ether oxygens (including phenoxy) is 1. The summed E-state index contributed by atoms with van der Waals surface area (Å²) in [6.07, 6.45) is -4.53. The van der Waals surface area contributed by atoms with E-state index in [4.69, 9.17) is 0 Å². The number of carbonyl (C=O) groups is 1. The lowest BCUT2D eigenvalue weighted by Crippen LogP contribution is -2.12. The Kier molecular flexibility index (Phi) is 2.53. The van der Waals surface area contributed by atoms with Gasteiger partial charge in [0.1, 0.15) is 5.69 Å². The number of hydrogen-bond acceptors (Lipinski definition) is 3. The minimum absolute atomic E-state index is 0.163. The first-order valence-electron chi connectivity index (χ1n) is 4.58. The third kappa shape index (κ3) is 1.95. The number of halogens is 3. The third-order valence-electron chi connectivity index (χ3n) is 2.17. The standard InChI is InChI=1S/C10H7F3N2O2/c1-17-9(16)7-5-6-3-2-4-8(10(11,12)13)15(6)14-7/h2-5H,1H3. The zero-order chi connectivity index (χ0) is 12.6. The fourth-order valence-corrected chi connectivity index (χ4v) is 1.43. The molecule has 0 fully saturated rings. The number of methoxy groups -OCH3 is 1. The molecule has 0 bridgehead atoms. The van der Waals surface area contributed by atoms with Crippen LogP contribution >= 0.6 is 0 Å². The number of rotatable bonds is 1. The predicted octanol–water partition coefficient (Wildman–Crippen LogP) is 2.14. The number of fused-ring (bicyclic) bond motifs is 1. The Bertz CT molecular complexity index is 574. The van der Waals surface area contributed by atoms with Gasteiger partial charge in [-0.05, 0) is 18.2 Å². The van der Waals surface area contributed by atoms with Gasteiger partial charge in [-0.15, -0.1) is 0 Å². The first-order chi connectivity index (χ1) is 7.93. The van der Waals surface area contributed by atoms with Crippen LogP contribution in [0.3, 0.4) is 0 Å². The quantitative estimate of drug-likeness (QED) is 0.722. The fourth-order valence-electron chi connectivity index (χ4n) is 1.43. The van der Waals surface area contributed by atoms with E-state index in [1.807, 2.05) is 0 Å². The highest BCUT2D eigenvalue weighted by Crippen LogP contribution is 2.29. The molecule has 0 aromatic carbocycles. The van der Waals surface area contributed by atoms with Crippen LogP contribution in [0.2, 0.25) is 0 Å². The molecule has 0 atom stereocenters.